The van der Waals surface area contributed by atoms with Crippen LogP contribution in [-0.2, 0) is 9.84 Å². The van der Waals surface area contributed by atoms with Crippen molar-refractivity contribution in [2.45, 2.75) is 10.3 Å². The lowest BCUT2D eigenvalue weighted by Gasteiger charge is -2.18. The smallest absolute Gasteiger partial charge is 0.405 e. The number of hydrogen-bond acceptors (Lipinski definition) is 4. The van der Waals surface area contributed by atoms with Gasteiger partial charge in [-0.3, -0.25) is 0 Å². The minimum absolute atomic E-state index is 0.0121. The minimum Gasteiger partial charge on any atom is -0.465 e. The van der Waals surface area contributed by atoms with Crippen molar-refractivity contribution >= 4 is 15.9 Å². The molecule has 2 N–H and O–H groups in total. The van der Waals surface area contributed by atoms with Crippen LogP contribution in [0.3, 0.4) is 0 Å². The summed E-state index contributed by atoms with van der Waals surface area (Å²) in [6.07, 6.45) is -1.45. The van der Waals surface area contributed by atoms with E-state index in [1.165, 1.54) is 36.4 Å². The molecule has 0 bridgehead atoms. The third-order valence-corrected chi connectivity index (χ3v) is 4.92. The lowest BCUT2D eigenvalue weighted by atomic mass is 10.1. The minimum atomic E-state index is -3.94. The van der Waals surface area contributed by atoms with Gasteiger partial charge in [0.2, 0.25) is 9.84 Å². The Morgan fingerprint density at radius 2 is 1.68 bits per heavy atom. The monoisotopic (exact) mass is 316 g/mol. The molecule has 2 aromatic rings. The zero-order chi connectivity index (χ0) is 16.2. The maximum Gasteiger partial charge on any atom is 0.405 e. The first-order valence-corrected chi connectivity index (χ1v) is 7.78. The fraction of sp³-hybridized carbons (Fsp3) is 0.0667. The van der Waals surface area contributed by atoms with Crippen molar-refractivity contribution in [2.75, 3.05) is 0 Å². The lowest BCUT2D eigenvalue weighted by molar-refractivity contribution is 0.193. The predicted molar refractivity (Wildman–Crippen MR) is 78.7 cm³/mol. The van der Waals surface area contributed by atoms with Crippen molar-refractivity contribution in [3.63, 3.8) is 0 Å². The molecule has 0 aliphatic carbocycles. The summed E-state index contributed by atoms with van der Waals surface area (Å²) in [6.45, 7) is 0. The third-order valence-electron chi connectivity index (χ3n) is 2.98. The van der Waals surface area contributed by atoms with Gasteiger partial charge in [-0.15, -0.1) is 0 Å². The molecule has 0 aliphatic rings. The van der Waals surface area contributed by atoms with E-state index in [0.717, 1.165) is 0 Å². The second kappa shape index (κ2) is 6.28. The number of sulfone groups is 1. The number of hydrogen-bond donors (Lipinski definition) is 2. The van der Waals surface area contributed by atoms with E-state index < -0.39 is 21.3 Å². The Balaban J connectivity index is 2.50. The molecule has 1 unspecified atom stereocenters. The van der Waals surface area contributed by atoms with Crippen LogP contribution < -0.4 is 5.32 Å². The van der Waals surface area contributed by atoms with Gasteiger partial charge in [0.05, 0.1) is 16.5 Å². The van der Waals surface area contributed by atoms with Gasteiger partial charge in [0.15, 0.2) is 5.37 Å². The molecule has 0 fully saturated rings. The van der Waals surface area contributed by atoms with Gasteiger partial charge < -0.3 is 10.4 Å². The van der Waals surface area contributed by atoms with E-state index in [9.17, 15) is 13.2 Å². The first kappa shape index (κ1) is 15.5. The van der Waals surface area contributed by atoms with Crippen LogP contribution in [0.15, 0.2) is 59.5 Å². The summed E-state index contributed by atoms with van der Waals surface area (Å²) in [5.74, 6) is 0. The molecule has 112 valence electrons. The SMILES string of the molecule is N#Cc1ccc(C(NC(=O)O)S(=O)(=O)c2ccccc2)cc1. The highest BCUT2D eigenvalue weighted by Gasteiger charge is 2.30. The maximum atomic E-state index is 12.6. The Hall–Kier alpha value is -2.85. The summed E-state index contributed by atoms with van der Waals surface area (Å²) in [4.78, 5) is 11.0. The van der Waals surface area contributed by atoms with Crippen LogP contribution in [-0.4, -0.2) is 19.6 Å². The molecule has 7 heteroatoms. The second-order valence-electron chi connectivity index (χ2n) is 4.42. The third kappa shape index (κ3) is 3.24. The van der Waals surface area contributed by atoms with Gasteiger partial charge >= 0.3 is 6.09 Å². The predicted octanol–water partition coefficient (Wildman–Crippen LogP) is 2.30. The normalized spacial score (nSPS) is 12.1. The molecule has 0 spiro atoms. The summed E-state index contributed by atoms with van der Waals surface area (Å²) in [5.41, 5.74) is 0.597. The molecule has 0 saturated carbocycles. The van der Waals surface area contributed by atoms with E-state index in [0.29, 0.717) is 5.56 Å². The van der Waals surface area contributed by atoms with Crippen LogP contribution in [0.25, 0.3) is 0 Å². The molecule has 6 nitrogen and oxygen atoms in total. The molecule has 0 aromatic heterocycles. The highest BCUT2D eigenvalue weighted by molar-refractivity contribution is 7.91. The molecule has 0 saturated heterocycles. The molecule has 0 radical (unpaired) electrons. The molecule has 2 rings (SSSR count). The zero-order valence-corrected chi connectivity index (χ0v) is 12.1. The maximum absolute atomic E-state index is 12.6. The summed E-state index contributed by atoms with van der Waals surface area (Å²) >= 11 is 0. The number of carbonyl (C=O) groups is 1. The van der Waals surface area contributed by atoms with E-state index in [1.807, 2.05) is 11.4 Å². The van der Waals surface area contributed by atoms with Gasteiger partial charge in [-0.2, -0.15) is 5.26 Å². The quantitative estimate of drug-likeness (QED) is 0.900. The largest absolute Gasteiger partial charge is 0.465 e. The van der Waals surface area contributed by atoms with Crippen molar-refractivity contribution in [1.29, 1.82) is 5.26 Å². The van der Waals surface area contributed by atoms with Crippen LogP contribution in [0.1, 0.15) is 16.5 Å². The Bertz CT molecular complexity index is 809. The number of benzene rings is 2. The standard InChI is InChI=1S/C15H12N2O4S/c16-10-11-6-8-12(9-7-11)14(17-15(18)19)22(20,21)13-4-2-1-3-5-13/h1-9,14,17H,(H,18,19). The van der Waals surface area contributed by atoms with E-state index in [1.54, 1.807) is 18.2 Å². The fourth-order valence-electron chi connectivity index (χ4n) is 1.93. The molecule has 0 aliphatic heterocycles. The average Bonchev–Trinajstić information content (AvgIpc) is 2.53. The molecular formula is C15H12N2O4S. The molecule has 1 atom stereocenters. The van der Waals surface area contributed by atoms with E-state index in [2.05, 4.69) is 0 Å². The van der Waals surface area contributed by atoms with E-state index in [-0.39, 0.29) is 10.5 Å². The Morgan fingerprint density at radius 1 is 1.09 bits per heavy atom. The molecular weight excluding hydrogens is 304 g/mol. The highest BCUT2D eigenvalue weighted by atomic mass is 32.2. The van der Waals surface area contributed by atoms with Crippen LogP contribution in [0.4, 0.5) is 4.79 Å². The lowest BCUT2D eigenvalue weighted by Crippen LogP contribution is -2.32. The van der Waals surface area contributed by atoms with E-state index >= 15 is 0 Å². The Kier molecular flexibility index (Phi) is 4.44. The zero-order valence-electron chi connectivity index (χ0n) is 11.3. The molecule has 2 aromatic carbocycles. The second-order valence-corrected chi connectivity index (χ2v) is 6.45. The van der Waals surface area contributed by atoms with Crippen LogP contribution in [0.5, 0.6) is 0 Å². The Labute approximate surface area is 127 Å². The van der Waals surface area contributed by atoms with Crippen molar-refractivity contribution in [3.8, 4) is 6.07 Å². The number of rotatable bonds is 4. The van der Waals surface area contributed by atoms with E-state index in [4.69, 9.17) is 10.4 Å². The van der Waals surface area contributed by atoms with Gasteiger partial charge in [0.25, 0.3) is 0 Å². The number of nitrogens with zero attached hydrogens (tertiary/aromatic N) is 1. The van der Waals surface area contributed by atoms with Crippen molar-refractivity contribution in [3.05, 3.63) is 65.7 Å². The summed E-state index contributed by atoms with van der Waals surface area (Å²) < 4.78 is 25.3. The summed E-state index contributed by atoms with van der Waals surface area (Å²) in [7, 11) is -3.94. The topological polar surface area (TPSA) is 107 Å². The van der Waals surface area contributed by atoms with Crippen molar-refractivity contribution < 1.29 is 18.3 Å². The van der Waals surface area contributed by atoms with Gasteiger partial charge in [0.1, 0.15) is 0 Å². The van der Waals surface area contributed by atoms with Gasteiger partial charge in [-0.25, -0.2) is 13.2 Å². The van der Waals surface area contributed by atoms with Crippen molar-refractivity contribution in [2.24, 2.45) is 0 Å². The highest BCUT2D eigenvalue weighted by Crippen LogP contribution is 2.26. The first-order chi connectivity index (χ1) is 10.4. The molecule has 0 heterocycles. The number of nitrogens with one attached hydrogen (secondary N) is 1. The number of nitriles is 1. The summed E-state index contributed by atoms with van der Waals surface area (Å²) in [5, 5.41) is 18.3. The van der Waals surface area contributed by atoms with Gasteiger partial charge in [-0.05, 0) is 29.8 Å². The number of carboxylic acid groups (broad SMARTS) is 1. The number of amides is 1. The van der Waals surface area contributed by atoms with Gasteiger partial charge in [0, 0.05) is 0 Å². The van der Waals surface area contributed by atoms with Crippen LogP contribution in [0, 0.1) is 11.3 Å². The summed E-state index contributed by atoms with van der Waals surface area (Å²) in [6, 6.07) is 15.2. The fourth-order valence-corrected chi connectivity index (χ4v) is 3.51. The average molecular weight is 316 g/mol. The first-order valence-electron chi connectivity index (χ1n) is 6.23. The molecule has 1 amide bonds. The van der Waals surface area contributed by atoms with Gasteiger partial charge in [-0.1, -0.05) is 30.3 Å². The van der Waals surface area contributed by atoms with Crippen LogP contribution >= 0.6 is 0 Å². The van der Waals surface area contributed by atoms with Crippen LogP contribution in [0.2, 0.25) is 0 Å². The molecule has 22 heavy (non-hydrogen) atoms. The van der Waals surface area contributed by atoms with Crippen molar-refractivity contribution in [1.82, 2.24) is 5.32 Å². The Morgan fingerprint density at radius 3 is 2.18 bits per heavy atom.